The third-order valence-electron chi connectivity index (χ3n) is 4.53. The van der Waals surface area contributed by atoms with Crippen LogP contribution in [0.2, 0.25) is 0 Å². The van der Waals surface area contributed by atoms with Crippen molar-refractivity contribution in [2.45, 2.75) is 12.9 Å². The molecule has 11 heteroatoms. The molecule has 0 amide bonds. The van der Waals surface area contributed by atoms with Crippen molar-refractivity contribution in [1.82, 2.24) is 14.7 Å². The fourth-order valence-corrected chi connectivity index (χ4v) is 3.04. The maximum absolute atomic E-state index is 12.3. The van der Waals surface area contributed by atoms with Gasteiger partial charge in [0.05, 0.1) is 17.7 Å². The van der Waals surface area contributed by atoms with Crippen molar-refractivity contribution in [2.24, 2.45) is 0 Å². The Bertz CT molecular complexity index is 1360. The molecular weight excluding hydrogens is 443 g/mol. The number of carboxylic acids is 1. The third kappa shape index (κ3) is 5.26. The van der Waals surface area contributed by atoms with Crippen molar-refractivity contribution in [3.05, 3.63) is 88.3 Å². The molecule has 0 atom stereocenters. The second-order valence-corrected chi connectivity index (χ2v) is 6.88. The molecule has 0 aliphatic carbocycles. The molecule has 2 aromatic carbocycles. The average Bonchev–Trinajstić information content (AvgIpc) is 3.25. The van der Waals surface area contributed by atoms with Gasteiger partial charge in [-0.3, -0.25) is 4.79 Å². The lowest BCUT2D eigenvalue weighted by molar-refractivity contribution is -0.274. The normalized spacial score (nSPS) is 11.4. The van der Waals surface area contributed by atoms with Crippen molar-refractivity contribution in [2.75, 3.05) is 0 Å². The summed E-state index contributed by atoms with van der Waals surface area (Å²) in [6, 6.07) is 14.0. The molecule has 0 saturated heterocycles. The van der Waals surface area contributed by atoms with Gasteiger partial charge in [0.15, 0.2) is 0 Å². The topological polar surface area (TPSA) is 107 Å². The minimum Gasteiger partial charge on any atom is -0.478 e. The van der Waals surface area contributed by atoms with E-state index in [1.807, 2.05) is 0 Å². The van der Waals surface area contributed by atoms with Gasteiger partial charge in [-0.1, -0.05) is 17.3 Å². The van der Waals surface area contributed by atoms with E-state index in [9.17, 15) is 22.8 Å². The van der Waals surface area contributed by atoms with Gasteiger partial charge >= 0.3 is 12.3 Å². The second kappa shape index (κ2) is 8.61. The number of alkyl halides is 3. The Hall–Kier alpha value is -4.41. The Morgan fingerprint density at radius 3 is 2.48 bits per heavy atom. The van der Waals surface area contributed by atoms with Crippen LogP contribution in [-0.2, 0) is 6.54 Å². The highest BCUT2D eigenvalue weighted by Gasteiger charge is 2.31. The summed E-state index contributed by atoms with van der Waals surface area (Å²) >= 11 is 0. The minimum atomic E-state index is -4.79. The number of rotatable bonds is 6. The molecule has 0 spiro atoms. The highest BCUT2D eigenvalue weighted by atomic mass is 19.4. The quantitative estimate of drug-likeness (QED) is 0.462. The molecule has 33 heavy (non-hydrogen) atoms. The van der Waals surface area contributed by atoms with E-state index < -0.39 is 12.3 Å². The van der Waals surface area contributed by atoms with Crippen LogP contribution in [0.5, 0.6) is 5.75 Å². The third-order valence-corrected chi connectivity index (χ3v) is 4.53. The second-order valence-electron chi connectivity index (χ2n) is 6.88. The fourth-order valence-electron chi connectivity index (χ4n) is 3.04. The van der Waals surface area contributed by atoms with Crippen LogP contribution in [0.3, 0.4) is 0 Å². The Morgan fingerprint density at radius 1 is 1.06 bits per heavy atom. The molecule has 8 nitrogen and oxygen atoms in total. The summed E-state index contributed by atoms with van der Waals surface area (Å²) in [6.07, 6.45) is -3.30. The van der Waals surface area contributed by atoms with Gasteiger partial charge in [-0.25, -0.2) is 4.79 Å². The van der Waals surface area contributed by atoms with E-state index in [1.54, 1.807) is 12.1 Å². The van der Waals surface area contributed by atoms with Crippen LogP contribution in [0.1, 0.15) is 15.9 Å². The largest absolute Gasteiger partial charge is 0.573 e. The summed E-state index contributed by atoms with van der Waals surface area (Å²) in [5, 5.41) is 13.0. The van der Waals surface area contributed by atoms with Crippen LogP contribution in [-0.4, -0.2) is 32.1 Å². The Kier molecular flexibility index (Phi) is 5.69. The minimum absolute atomic E-state index is 0.0913. The predicted octanol–water partition coefficient (Wildman–Crippen LogP) is 4.21. The van der Waals surface area contributed by atoms with Crippen molar-refractivity contribution in [3.63, 3.8) is 0 Å². The van der Waals surface area contributed by atoms with Crippen LogP contribution in [0, 0.1) is 0 Å². The SMILES string of the molecule is O=C(O)c1cccc(Cn2cc(-c3nc(-c4ccc(OC(F)(F)F)cc4)no3)ccc2=O)c1. The Balaban J connectivity index is 1.57. The number of ether oxygens (including phenoxy) is 1. The first-order valence-corrected chi connectivity index (χ1v) is 9.41. The van der Waals surface area contributed by atoms with E-state index in [0.717, 1.165) is 12.1 Å². The average molecular weight is 457 g/mol. The number of nitrogens with zero attached hydrogens (tertiary/aromatic N) is 3. The van der Waals surface area contributed by atoms with Crippen LogP contribution < -0.4 is 10.3 Å². The van der Waals surface area contributed by atoms with E-state index in [4.69, 9.17) is 9.63 Å². The Labute approximate surface area is 183 Å². The lowest BCUT2D eigenvalue weighted by atomic mass is 10.1. The number of pyridine rings is 1. The molecule has 0 unspecified atom stereocenters. The summed E-state index contributed by atoms with van der Waals surface area (Å²) in [6.45, 7) is 0.120. The first-order chi connectivity index (χ1) is 15.7. The zero-order valence-electron chi connectivity index (χ0n) is 16.6. The zero-order chi connectivity index (χ0) is 23.6. The first kappa shape index (κ1) is 21.8. The number of halogens is 3. The summed E-state index contributed by atoms with van der Waals surface area (Å²) in [5.74, 6) is -1.23. The molecule has 2 aromatic heterocycles. The molecule has 0 bridgehead atoms. The number of aromatic nitrogens is 3. The highest BCUT2D eigenvalue weighted by Crippen LogP contribution is 2.26. The first-order valence-electron chi connectivity index (χ1n) is 9.41. The van der Waals surface area contributed by atoms with Crippen LogP contribution in [0.15, 0.2) is 76.2 Å². The van der Waals surface area contributed by atoms with Crippen LogP contribution in [0.25, 0.3) is 22.8 Å². The lowest BCUT2D eigenvalue weighted by Gasteiger charge is -2.08. The maximum atomic E-state index is 12.3. The molecule has 1 N–H and O–H groups in total. The van der Waals surface area contributed by atoms with E-state index in [0.29, 0.717) is 16.7 Å². The van der Waals surface area contributed by atoms with E-state index in [2.05, 4.69) is 14.9 Å². The van der Waals surface area contributed by atoms with Crippen molar-refractivity contribution >= 4 is 5.97 Å². The van der Waals surface area contributed by atoms with Crippen LogP contribution in [0.4, 0.5) is 13.2 Å². The Morgan fingerprint density at radius 2 is 1.79 bits per heavy atom. The van der Waals surface area contributed by atoms with Crippen molar-refractivity contribution in [1.29, 1.82) is 0 Å². The van der Waals surface area contributed by atoms with Gasteiger partial charge < -0.3 is 18.9 Å². The predicted molar refractivity (Wildman–Crippen MR) is 109 cm³/mol. The molecular formula is C22H14F3N3O5. The molecule has 4 aromatic rings. The molecule has 0 radical (unpaired) electrons. The molecule has 4 rings (SSSR count). The van der Waals surface area contributed by atoms with Gasteiger partial charge in [-0.05, 0) is 48.0 Å². The standard InChI is InChI=1S/C22H14F3N3O5/c23-22(24,25)32-17-7-4-14(5-8-17)19-26-20(33-27-19)16-6-9-18(29)28(12-16)11-13-2-1-3-15(10-13)21(30)31/h1-10,12H,11H2,(H,30,31). The summed E-state index contributed by atoms with van der Waals surface area (Å²) in [5.41, 5.74) is 1.23. The molecule has 168 valence electrons. The molecule has 0 aliphatic rings. The summed E-state index contributed by atoms with van der Waals surface area (Å²) < 4.78 is 47.3. The molecule has 0 aliphatic heterocycles. The highest BCUT2D eigenvalue weighted by molar-refractivity contribution is 5.87. The van der Waals surface area contributed by atoms with Crippen LogP contribution >= 0.6 is 0 Å². The van der Waals surface area contributed by atoms with Gasteiger partial charge in [0.25, 0.3) is 11.4 Å². The van der Waals surface area contributed by atoms with Gasteiger partial charge in [-0.2, -0.15) is 4.98 Å². The smallest absolute Gasteiger partial charge is 0.478 e. The monoisotopic (exact) mass is 457 g/mol. The maximum Gasteiger partial charge on any atom is 0.573 e. The number of hydrogen-bond acceptors (Lipinski definition) is 6. The number of aromatic carboxylic acids is 1. The number of hydrogen-bond donors (Lipinski definition) is 1. The summed E-state index contributed by atoms with van der Waals surface area (Å²) in [7, 11) is 0. The number of carbonyl (C=O) groups is 1. The zero-order valence-corrected chi connectivity index (χ0v) is 16.6. The van der Waals surface area contributed by atoms with Crippen molar-refractivity contribution in [3.8, 4) is 28.6 Å². The lowest BCUT2D eigenvalue weighted by Crippen LogP contribution is -2.19. The van der Waals surface area contributed by atoms with Gasteiger partial charge in [0.1, 0.15) is 5.75 Å². The number of benzene rings is 2. The molecule has 0 saturated carbocycles. The van der Waals surface area contributed by atoms with Gasteiger partial charge in [0, 0.05) is 17.8 Å². The molecule has 0 fully saturated rings. The molecule has 2 heterocycles. The van der Waals surface area contributed by atoms with E-state index >= 15 is 0 Å². The van der Waals surface area contributed by atoms with E-state index in [-0.39, 0.29) is 35.1 Å². The summed E-state index contributed by atoms with van der Waals surface area (Å²) in [4.78, 5) is 27.7. The van der Waals surface area contributed by atoms with E-state index in [1.165, 1.54) is 47.2 Å². The van der Waals surface area contributed by atoms with Gasteiger partial charge in [-0.15, -0.1) is 13.2 Å². The fraction of sp³-hybridized carbons (Fsp3) is 0.0909. The van der Waals surface area contributed by atoms with Crippen molar-refractivity contribution < 1.29 is 32.3 Å². The number of carboxylic acid groups (broad SMARTS) is 1. The van der Waals surface area contributed by atoms with Gasteiger partial charge in [0.2, 0.25) is 5.82 Å².